The Morgan fingerprint density at radius 1 is 1.08 bits per heavy atom. The molecule has 0 unspecified atom stereocenters. The van der Waals surface area contributed by atoms with Gasteiger partial charge in [-0.2, -0.15) is 5.10 Å². The summed E-state index contributed by atoms with van der Waals surface area (Å²) in [7, 11) is 0. The van der Waals surface area contributed by atoms with E-state index in [2.05, 4.69) is 53.0 Å². The normalized spacial score (nSPS) is 17.2. The molecule has 37 heavy (non-hydrogen) atoms. The third kappa shape index (κ3) is 6.50. The third-order valence-corrected chi connectivity index (χ3v) is 6.36. The molecule has 2 aromatic carbocycles. The number of benzene rings is 2. The maximum absolute atomic E-state index is 12.6. The number of rotatable bonds is 7. The molecule has 0 bridgehead atoms. The molecule has 2 atom stereocenters. The van der Waals surface area contributed by atoms with E-state index in [0.29, 0.717) is 19.5 Å². The van der Waals surface area contributed by atoms with Crippen molar-refractivity contribution in [3.8, 4) is 11.1 Å². The van der Waals surface area contributed by atoms with Crippen LogP contribution in [0.5, 0.6) is 0 Å². The van der Waals surface area contributed by atoms with Crippen molar-refractivity contribution in [2.45, 2.75) is 71.7 Å². The Labute approximate surface area is 219 Å². The molecule has 1 aliphatic heterocycles. The summed E-state index contributed by atoms with van der Waals surface area (Å²) in [6.45, 7) is 10.5. The summed E-state index contributed by atoms with van der Waals surface area (Å²) in [4.78, 5) is 26.3. The highest BCUT2D eigenvalue weighted by molar-refractivity contribution is 5.95. The first-order valence-corrected chi connectivity index (χ1v) is 12.9. The van der Waals surface area contributed by atoms with Crippen molar-refractivity contribution in [3.63, 3.8) is 0 Å². The molecule has 0 saturated heterocycles. The lowest BCUT2D eigenvalue weighted by molar-refractivity contribution is -0.118. The van der Waals surface area contributed by atoms with Gasteiger partial charge in [0, 0.05) is 42.1 Å². The average Bonchev–Trinajstić information content (AvgIpc) is 3.32. The summed E-state index contributed by atoms with van der Waals surface area (Å²) in [5.74, 6) is 0.156. The number of ether oxygens (including phenoxy) is 1. The number of hydrogen-bond donors (Lipinski definition) is 2. The fourth-order valence-electron chi connectivity index (χ4n) is 4.68. The number of nitrogens with one attached hydrogen (secondary N) is 2. The van der Waals surface area contributed by atoms with E-state index < -0.39 is 11.7 Å². The molecule has 4 rings (SSSR count). The Bertz CT molecular complexity index is 1230. The average molecular weight is 504 g/mol. The first-order chi connectivity index (χ1) is 17.6. The monoisotopic (exact) mass is 503 g/mol. The molecule has 8 heteroatoms. The van der Waals surface area contributed by atoms with Crippen LogP contribution < -0.4 is 15.5 Å². The summed E-state index contributed by atoms with van der Waals surface area (Å²) in [5, 5.41) is 10.8. The van der Waals surface area contributed by atoms with Crippen LogP contribution in [0.3, 0.4) is 0 Å². The number of nitrogens with zero attached hydrogens (tertiary/aromatic N) is 3. The van der Waals surface area contributed by atoms with Gasteiger partial charge in [-0.25, -0.2) is 4.79 Å². The van der Waals surface area contributed by atoms with Crippen LogP contribution in [-0.2, 0) is 16.1 Å². The molecule has 1 aliphatic rings. The van der Waals surface area contributed by atoms with Crippen molar-refractivity contribution in [3.05, 3.63) is 66.5 Å². The minimum absolute atomic E-state index is 0.120. The predicted octanol–water partition coefficient (Wildman–Crippen LogP) is 5.76. The highest BCUT2D eigenvalue weighted by Crippen LogP contribution is 2.39. The minimum Gasteiger partial charge on any atom is -0.444 e. The molecule has 0 fully saturated rings. The first kappa shape index (κ1) is 26.3. The van der Waals surface area contributed by atoms with Crippen LogP contribution in [0.1, 0.15) is 59.1 Å². The molecule has 0 radical (unpaired) electrons. The number of para-hydroxylation sites is 1. The zero-order chi connectivity index (χ0) is 26.6. The van der Waals surface area contributed by atoms with Crippen molar-refractivity contribution >= 4 is 23.4 Å². The molecule has 196 valence electrons. The number of carbonyl (C=O) groups excluding carboxylic acids is 2. The van der Waals surface area contributed by atoms with Gasteiger partial charge in [-0.05, 0) is 63.4 Å². The van der Waals surface area contributed by atoms with Crippen LogP contribution in [0.2, 0.25) is 0 Å². The van der Waals surface area contributed by atoms with Crippen molar-refractivity contribution in [1.29, 1.82) is 0 Å². The van der Waals surface area contributed by atoms with Gasteiger partial charge in [0.2, 0.25) is 5.91 Å². The molecule has 0 saturated carbocycles. The van der Waals surface area contributed by atoms with E-state index >= 15 is 0 Å². The lowest BCUT2D eigenvalue weighted by atomic mass is 9.91. The standard InChI is InChI=1S/C29H37N5O3/c1-6-27(35)34-20(2)17-25(24-9-7-8-10-26(24)34)32-23-13-11-21(12-14-23)22-18-31-33(19-22)16-15-30-28(36)37-29(3,4)5/h7-14,18-20,25,32H,6,15-17H2,1-5H3,(H,30,36)/t20-,25+/m0/s1. The summed E-state index contributed by atoms with van der Waals surface area (Å²) in [5.41, 5.74) is 4.73. The van der Waals surface area contributed by atoms with Crippen LogP contribution in [-0.4, -0.2) is 40.0 Å². The number of amides is 2. The third-order valence-electron chi connectivity index (χ3n) is 6.36. The highest BCUT2D eigenvalue weighted by Gasteiger charge is 2.32. The van der Waals surface area contributed by atoms with Crippen LogP contribution in [0.15, 0.2) is 60.9 Å². The van der Waals surface area contributed by atoms with E-state index in [-0.39, 0.29) is 18.0 Å². The second-order valence-electron chi connectivity index (χ2n) is 10.5. The van der Waals surface area contributed by atoms with E-state index in [1.807, 2.05) is 67.9 Å². The maximum Gasteiger partial charge on any atom is 0.407 e. The fourth-order valence-corrected chi connectivity index (χ4v) is 4.68. The Morgan fingerprint density at radius 2 is 1.81 bits per heavy atom. The van der Waals surface area contributed by atoms with Crippen LogP contribution >= 0.6 is 0 Å². The van der Waals surface area contributed by atoms with E-state index in [1.54, 1.807) is 0 Å². The Morgan fingerprint density at radius 3 is 2.51 bits per heavy atom. The number of fused-ring (bicyclic) bond motifs is 1. The molecule has 3 aromatic rings. The number of hydrogen-bond acceptors (Lipinski definition) is 5. The Hall–Kier alpha value is -3.81. The number of aromatic nitrogens is 2. The molecule has 0 spiro atoms. The topological polar surface area (TPSA) is 88.5 Å². The largest absolute Gasteiger partial charge is 0.444 e. The van der Waals surface area contributed by atoms with Gasteiger partial charge in [0.05, 0.1) is 18.8 Å². The number of anilines is 2. The molecule has 0 aliphatic carbocycles. The second kappa shape index (κ2) is 11.1. The zero-order valence-corrected chi connectivity index (χ0v) is 22.3. The van der Waals surface area contributed by atoms with Crippen LogP contribution in [0.4, 0.5) is 16.2 Å². The molecule has 8 nitrogen and oxygen atoms in total. The van der Waals surface area contributed by atoms with E-state index in [1.165, 1.54) is 0 Å². The highest BCUT2D eigenvalue weighted by atomic mass is 16.6. The fraction of sp³-hybridized carbons (Fsp3) is 0.414. The molecule has 2 heterocycles. The van der Waals surface area contributed by atoms with Gasteiger partial charge < -0.3 is 20.3 Å². The molecular weight excluding hydrogens is 466 g/mol. The maximum atomic E-state index is 12.6. The van der Waals surface area contributed by atoms with Crippen LogP contribution in [0.25, 0.3) is 11.1 Å². The molecular formula is C29H37N5O3. The number of carbonyl (C=O) groups is 2. The molecule has 2 N–H and O–H groups in total. The van der Waals surface area contributed by atoms with Gasteiger partial charge in [0.25, 0.3) is 0 Å². The molecule has 1 aromatic heterocycles. The van der Waals surface area contributed by atoms with Gasteiger partial charge in [-0.3, -0.25) is 9.48 Å². The quantitative estimate of drug-likeness (QED) is 0.428. The van der Waals surface area contributed by atoms with E-state index in [0.717, 1.165) is 34.5 Å². The summed E-state index contributed by atoms with van der Waals surface area (Å²) in [6, 6.07) is 16.7. The van der Waals surface area contributed by atoms with Crippen molar-refractivity contribution in [2.24, 2.45) is 0 Å². The number of alkyl carbamates (subject to hydrolysis) is 1. The minimum atomic E-state index is -0.517. The summed E-state index contributed by atoms with van der Waals surface area (Å²) >= 11 is 0. The Kier molecular flexibility index (Phi) is 7.86. The second-order valence-corrected chi connectivity index (χ2v) is 10.5. The van der Waals surface area contributed by atoms with Gasteiger partial charge in [0.15, 0.2) is 0 Å². The molecule has 2 amide bonds. The Balaban J connectivity index is 1.38. The van der Waals surface area contributed by atoms with Gasteiger partial charge in [-0.1, -0.05) is 37.3 Å². The van der Waals surface area contributed by atoms with Crippen molar-refractivity contribution in [1.82, 2.24) is 15.1 Å². The lowest BCUT2D eigenvalue weighted by Crippen LogP contribution is -2.44. The van der Waals surface area contributed by atoms with Crippen molar-refractivity contribution < 1.29 is 14.3 Å². The first-order valence-electron chi connectivity index (χ1n) is 12.9. The lowest BCUT2D eigenvalue weighted by Gasteiger charge is -2.40. The van der Waals surface area contributed by atoms with Gasteiger partial charge in [0.1, 0.15) is 5.60 Å². The summed E-state index contributed by atoms with van der Waals surface area (Å²) < 4.78 is 7.07. The van der Waals surface area contributed by atoms with Gasteiger partial charge >= 0.3 is 6.09 Å². The predicted molar refractivity (Wildman–Crippen MR) is 147 cm³/mol. The van der Waals surface area contributed by atoms with E-state index in [4.69, 9.17) is 4.74 Å². The SMILES string of the molecule is CCC(=O)N1c2ccccc2[C@H](Nc2ccc(-c3cnn(CCNC(=O)OC(C)(C)C)c3)cc2)C[C@@H]1C. The summed E-state index contributed by atoms with van der Waals surface area (Å²) in [6.07, 6.45) is 4.71. The van der Waals surface area contributed by atoms with Gasteiger partial charge in [-0.15, -0.1) is 0 Å². The van der Waals surface area contributed by atoms with Crippen molar-refractivity contribution in [2.75, 3.05) is 16.8 Å². The van der Waals surface area contributed by atoms with Crippen LogP contribution in [0, 0.1) is 0 Å². The smallest absolute Gasteiger partial charge is 0.407 e. The van der Waals surface area contributed by atoms with E-state index in [9.17, 15) is 9.59 Å². The zero-order valence-electron chi connectivity index (χ0n) is 22.3.